The Morgan fingerprint density at radius 2 is 1.71 bits per heavy atom. The number of thiocarbonyl (C=S) groups is 1. The molecule has 0 aromatic heterocycles. The molecule has 0 atom stereocenters. The van der Waals surface area contributed by atoms with Gasteiger partial charge in [-0.05, 0) is 61.6 Å². The molecule has 8 nitrogen and oxygen atoms in total. The van der Waals surface area contributed by atoms with Crippen molar-refractivity contribution in [1.29, 1.82) is 0 Å². The van der Waals surface area contributed by atoms with Gasteiger partial charge in [-0.2, -0.15) is 0 Å². The topological polar surface area (TPSA) is 109 Å². The van der Waals surface area contributed by atoms with Crippen molar-refractivity contribution in [2.75, 3.05) is 11.9 Å². The summed E-state index contributed by atoms with van der Waals surface area (Å²) in [5.74, 6) is -0.792. The summed E-state index contributed by atoms with van der Waals surface area (Å²) in [5.41, 5.74) is 6.13. The number of hydrogen-bond acceptors (Lipinski definition) is 5. The highest BCUT2D eigenvalue weighted by molar-refractivity contribution is 9.10. The maximum absolute atomic E-state index is 12.5. The molecule has 0 saturated heterocycles. The molecule has 0 aliphatic heterocycles. The third-order valence-corrected chi connectivity index (χ3v) is 4.64. The lowest BCUT2D eigenvalue weighted by Crippen LogP contribution is -2.48. The largest absolute Gasteiger partial charge is 0.493 e. The average Bonchev–Trinajstić information content (AvgIpc) is 2.73. The minimum atomic E-state index is -0.484. The van der Waals surface area contributed by atoms with Crippen molar-refractivity contribution in [3.8, 4) is 5.75 Å². The molecule has 2 aromatic rings. The highest BCUT2D eigenvalue weighted by Gasteiger charge is 2.15. The van der Waals surface area contributed by atoms with Crippen LogP contribution in [0, 0.1) is 5.92 Å². The van der Waals surface area contributed by atoms with Gasteiger partial charge in [0.25, 0.3) is 11.8 Å². The Bertz CT molecular complexity index is 980. The van der Waals surface area contributed by atoms with E-state index >= 15 is 0 Å². The Balaban J connectivity index is 1.91. The molecule has 2 aromatic carbocycles. The number of carbonyl (C=O) groups is 3. The fourth-order valence-corrected chi connectivity index (χ4v) is 2.84. The third kappa shape index (κ3) is 7.34. The van der Waals surface area contributed by atoms with Gasteiger partial charge in [-0.1, -0.05) is 29.8 Å². The Morgan fingerprint density at radius 3 is 2.32 bits per heavy atom. The van der Waals surface area contributed by atoms with Gasteiger partial charge in [0.2, 0.25) is 5.91 Å². The molecular weight excluding hydrogens is 484 g/mol. The van der Waals surface area contributed by atoms with E-state index in [0.717, 1.165) is 0 Å². The number of anilines is 1. The first-order chi connectivity index (χ1) is 14.7. The maximum Gasteiger partial charge on any atom is 0.269 e. The highest BCUT2D eigenvalue weighted by atomic mass is 79.9. The normalized spacial score (nSPS) is 10.2. The zero-order valence-electron chi connectivity index (χ0n) is 17.2. The Morgan fingerprint density at radius 1 is 1.03 bits per heavy atom. The molecule has 2 rings (SSSR count). The summed E-state index contributed by atoms with van der Waals surface area (Å²) in [4.78, 5) is 36.5. The molecule has 0 radical (unpaired) electrons. The summed E-state index contributed by atoms with van der Waals surface area (Å²) in [6.45, 7) is 5.80. The van der Waals surface area contributed by atoms with E-state index < -0.39 is 11.8 Å². The smallest absolute Gasteiger partial charge is 0.269 e. The van der Waals surface area contributed by atoms with Gasteiger partial charge in [0, 0.05) is 21.6 Å². The van der Waals surface area contributed by atoms with E-state index in [9.17, 15) is 14.4 Å². The van der Waals surface area contributed by atoms with Gasteiger partial charge in [-0.15, -0.1) is 0 Å². The van der Waals surface area contributed by atoms with Gasteiger partial charge in [-0.3, -0.25) is 30.6 Å². The van der Waals surface area contributed by atoms with Gasteiger partial charge >= 0.3 is 0 Å². The molecule has 0 unspecified atom stereocenters. The summed E-state index contributed by atoms with van der Waals surface area (Å²) in [6.07, 6.45) is 0. The summed E-state index contributed by atoms with van der Waals surface area (Å²) < 4.78 is 6.17. The minimum absolute atomic E-state index is 0.0819. The number of hydrazine groups is 1. The molecule has 31 heavy (non-hydrogen) atoms. The first-order valence-corrected chi connectivity index (χ1v) is 10.7. The number of ether oxygens (including phenoxy) is 1. The van der Waals surface area contributed by atoms with E-state index in [1.165, 1.54) is 0 Å². The molecule has 0 spiro atoms. The number of carbonyl (C=O) groups excluding carboxylic acids is 3. The Kier molecular flexibility index (Phi) is 8.95. The molecule has 3 amide bonds. The molecule has 0 bridgehead atoms. The van der Waals surface area contributed by atoms with Crippen LogP contribution < -0.4 is 26.2 Å². The maximum atomic E-state index is 12.5. The fourth-order valence-electron chi connectivity index (χ4n) is 2.34. The number of rotatable bonds is 6. The van der Waals surface area contributed by atoms with Crippen LogP contribution in [0.15, 0.2) is 46.9 Å². The molecule has 10 heteroatoms. The van der Waals surface area contributed by atoms with Gasteiger partial charge in [0.15, 0.2) is 5.11 Å². The van der Waals surface area contributed by atoms with Crippen molar-refractivity contribution in [1.82, 2.24) is 16.2 Å². The minimum Gasteiger partial charge on any atom is -0.493 e. The van der Waals surface area contributed by atoms with E-state index in [-0.39, 0.29) is 16.9 Å². The summed E-state index contributed by atoms with van der Waals surface area (Å²) in [6, 6.07) is 11.4. The third-order valence-electron chi connectivity index (χ3n) is 3.94. The summed E-state index contributed by atoms with van der Waals surface area (Å²) >= 11 is 8.39. The Hall–Kier alpha value is -2.98. The zero-order valence-corrected chi connectivity index (χ0v) is 19.6. The Labute approximate surface area is 194 Å². The van der Waals surface area contributed by atoms with Gasteiger partial charge < -0.3 is 10.1 Å². The van der Waals surface area contributed by atoms with E-state index in [1.807, 2.05) is 6.92 Å². The predicted octanol–water partition coefficient (Wildman–Crippen LogP) is 3.39. The number of hydrogen-bond donors (Lipinski definition) is 4. The molecule has 0 aliphatic carbocycles. The molecular formula is C21H23BrN4O4S. The first-order valence-electron chi connectivity index (χ1n) is 9.46. The van der Waals surface area contributed by atoms with E-state index in [4.69, 9.17) is 17.0 Å². The van der Waals surface area contributed by atoms with Crippen LogP contribution in [0.1, 0.15) is 41.5 Å². The van der Waals surface area contributed by atoms with E-state index in [1.54, 1.807) is 56.3 Å². The molecule has 164 valence electrons. The predicted molar refractivity (Wildman–Crippen MR) is 126 cm³/mol. The number of amides is 3. The molecule has 0 aliphatic rings. The van der Waals surface area contributed by atoms with Crippen molar-refractivity contribution in [2.45, 2.75) is 20.8 Å². The van der Waals surface area contributed by atoms with Crippen LogP contribution in [0.5, 0.6) is 5.75 Å². The van der Waals surface area contributed by atoms with Crippen LogP contribution in [0.4, 0.5) is 5.69 Å². The van der Waals surface area contributed by atoms with Crippen LogP contribution >= 0.6 is 28.1 Å². The standard InChI is InChI=1S/C21H23BrN4O4S/c1-4-30-17-10-7-14(22)11-16(17)20(29)24-21(31)26-25-19(28)13-5-8-15(9-6-13)23-18(27)12(2)3/h5-12H,4H2,1-3H3,(H,23,27)(H,25,28)(H2,24,26,29,31). The average molecular weight is 507 g/mol. The van der Waals surface area contributed by atoms with Gasteiger partial charge in [0.1, 0.15) is 5.75 Å². The molecule has 0 fully saturated rings. The lowest BCUT2D eigenvalue weighted by Gasteiger charge is -2.13. The SMILES string of the molecule is CCOc1ccc(Br)cc1C(=O)NC(=S)NNC(=O)c1ccc(NC(=O)C(C)C)cc1. The van der Waals surface area contributed by atoms with Crippen LogP contribution in [-0.2, 0) is 4.79 Å². The van der Waals surface area contributed by atoms with Crippen molar-refractivity contribution in [2.24, 2.45) is 5.92 Å². The number of halogens is 1. The molecule has 4 N–H and O–H groups in total. The highest BCUT2D eigenvalue weighted by Crippen LogP contribution is 2.23. The lowest BCUT2D eigenvalue weighted by molar-refractivity contribution is -0.118. The quantitative estimate of drug-likeness (QED) is 0.353. The van der Waals surface area contributed by atoms with E-state index in [2.05, 4.69) is 37.4 Å². The van der Waals surface area contributed by atoms with Crippen molar-refractivity contribution in [3.63, 3.8) is 0 Å². The molecule has 0 saturated carbocycles. The van der Waals surface area contributed by atoms with Crippen LogP contribution in [-0.4, -0.2) is 29.4 Å². The van der Waals surface area contributed by atoms with Gasteiger partial charge in [-0.25, -0.2) is 0 Å². The second kappa shape index (κ2) is 11.4. The monoisotopic (exact) mass is 506 g/mol. The fraction of sp³-hybridized carbons (Fsp3) is 0.238. The number of nitrogens with one attached hydrogen (secondary N) is 4. The molecule has 0 heterocycles. The summed E-state index contributed by atoms with van der Waals surface area (Å²) in [7, 11) is 0. The van der Waals surface area contributed by atoms with Crippen molar-refractivity contribution in [3.05, 3.63) is 58.1 Å². The lowest BCUT2D eigenvalue weighted by atomic mass is 10.1. The first kappa shape index (κ1) is 24.3. The second-order valence-electron chi connectivity index (χ2n) is 6.66. The zero-order chi connectivity index (χ0) is 23.0. The van der Waals surface area contributed by atoms with Crippen LogP contribution in [0.2, 0.25) is 0 Å². The van der Waals surface area contributed by atoms with Gasteiger partial charge in [0.05, 0.1) is 12.2 Å². The number of benzene rings is 2. The summed E-state index contributed by atoms with van der Waals surface area (Å²) in [5, 5.41) is 5.15. The van der Waals surface area contributed by atoms with Crippen molar-refractivity contribution >= 4 is 56.7 Å². The van der Waals surface area contributed by atoms with Crippen LogP contribution in [0.3, 0.4) is 0 Å². The van der Waals surface area contributed by atoms with Crippen LogP contribution in [0.25, 0.3) is 0 Å². The second-order valence-corrected chi connectivity index (χ2v) is 7.98. The van der Waals surface area contributed by atoms with E-state index in [0.29, 0.717) is 33.6 Å². The van der Waals surface area contributed by atoms with Crippen molar-refractivity contribution < 1.29 is 19.1 Å².